The lowest BCUT2D eigenvalue weighted by molar-refractivity contribution is -0.161. The average molecular weight is 441 g/mol. The molecule has 1 N–H and O–H groups in total. The van der Waals surface area contributed by atoms with E-state index in [4.69, 9.17) is 0 Å². The van der Waals surface area contributed by atoms with E-state index >= 15 is 0 Å². The Balaban J connectivity index is 1.39. The van der Waals surface area contributed by atoms with Gasteiger partial charge in [-0.2, -0.15) is 0 Å². The lowest BCUT2D eigenvalue weighted by Crippen LogP contribution is -2.57. The first kappa shape index (κ1) is 23.4. The molecule has 0 aliphatic heterocycles. The molecule has 0 bridgehead atoms. The van der Waals surface area contributed by atoms with E-state index in [1.165, 1.54) is 69.8 Å². The minimum absolute atomic E-state index is 0.0888. The van der Waals surface area contributed by atoms with Gasteiger partial charge in [0.25, 0.3) is 0 Å². The monoisotopic (exact) mass is 440 g/mol. The van der Waals surface area contributed by atoms with Crippen LogP contribution >= 0.6 is 0 Å². The van der Waals surface area contributed by atoms with Gasteiger partial charge in [-0.3, -0.25) is 0 Å². The minimum Gasteiger partial charge on any atom is -0.393 e. The second kappa shape index (κ2) is 7.11. The molecule has 0 heterocycles. The van der Waals surface area contributed by atoms with Crippen LogP contribution < -0.4 is 0 Å². The molecule has 5 fully saturated rings. The molecule has 5 aliphatic carbocycles. The third-order valence-electron chi connectivity index (χ3n) is 13.6. The molecule has 1 heteroatoms. The van der Waals surface area contributed by atoms with E-state index in [-0.39, 0.29) is 11.5 Å². The molecule has 0 saturated heterocycles. The smallest absolute Gasteiger partial charge is 0.0594 e. The molecule has 0 aromatic carbocycles. The summed E-state index contributed by atoms with van der Waals surface area (Å²) < 4.78 is 0. The van der Waals surface area contributed by atoms with Crippen molar-refractivity contribution in [2.24, 2.45) is 56.7 Å². The zero-order valence-corrected chi connectivity index (χ0v) is 22.4. The summed E-state index contributed by atoms with van der Waals surface area (Å²) in [7, 11) is 0. The Morgan fingerprint density at radius 3 is 2.19 bits per heavy atom. The van der Waals surface area contributed by atoms with Crippen LogP contribution in [0.2, 0.25) is 0 Å². The highest BCUT2D eigenvalue weighted by molar-refractivity contribution is 5.30. The maximum Gasteiger partial charge on any atom is 0.0594 e. The van der Waals surface area contributed by atoms with Crippen molar-refractivity contribution in [1.82, 2.24) is 0 Å². The summed E-state index contributed by atoms with van der Waals surface area (Å²) in [5.74, 6) is 4.02. The minimum atomic E-state index is -0.0888. The number of aliphatic hydroxyl groups is 1. The zero-order chi connectivity index (χ0) is 23.3. The van der Waals surface area contributed by atoms with Gasteiger partial charge in [0.2, 0.25) is 0 Å². The Morgan fingerprint density at radius 1 is 0.844 bits per heavy atom. The average Bonchev–Trinajstić information content (AvgIpc) is 3.31. The van der Waals surface area contributed by atoms with Crippen LogP contribution in [0.25, 0.3) is 0 Å². The third-order valence-corrected chi connectivity index (χ3v) is 13.6. The quantitative estimate of drug-likeness (QED) is 0.425. The van der Waals surface area contributed by atoms with E-state index in [0.29, 0.717) is 27.6 Å². The largest absolute Gasteiger partial charge is 0.393 e. The fourth-order valence-electron chi connectivity index (χ4n) is 11.2. The van der Waals surface area contributed by atoms with Crippen LogP contribution in [-0.2, 0) is 0 Å². The van der Waals surface area contributed by atoms with Gasteiger partial charge in [0.1, 0.15) is 0 Å². The van der Waals surface area contributed by atoms with Crippen molar-refractivity contribution in [1.29, 1.82) is 0 Å². The van der Waals surface area contributed by atoms with E-state index in [9.17, 15) is 5.11 Å². The Kier molecular flexibility index (Phi) is 5.21. The second-order valence-electron chi connectivity index (χ2n) is 14.9. The third kappa shape index (κ3) is 2.73. The summed E-state index contributed by atoms with van der Waals surface area (Å²) in [6.45, 7) is 21.8. The van der Waals surface area contributed by atoms with Crippen LogP contribution in [0, 0.1) is 56.7 Å². The van der Waals surface area contributed by atoms with E-state index in [1.54, 1.807) is 0 Å². The van der Waals surface area contributed by atoms with E-state index in [1.807, 2.05) is 0 Å². The lowest BCUT2D eigenvalue weighted by atomic mass is 9.41. The van der Waals surface area contributed by atoms with Gasteiger partial charge in [0, 0.05) is 0 Å². The molecule has 0 unspecified atom stereocenters. The molecule has 9 atom stereocenters. The Morgan fingerprint density at radius 2 is 1.50 bits per heavy atom. The van der Waals surface area contributed by atoms with Crippen molar-refractivity contribution in [3.63, 3.8) is 0 Å². The van der Waals surface area contributed by atoms with Crippen LogP contribution in [0.4, 0.5) is 0 Å². The predicted molar refractivity (Wildman–Crippen MR) is 135 cm³/mol. The molecule has 32 heavy (non-hydrogen) atoms. The summed E-state index contributed by atoms with van der Waals surface area (Å²) in [6.07, 6.45) is 15.0. The predicted octanol–water partition coefficient (Wildman–Crippen LogP) is 8.41. The number of hydrogen-bond acceptors (Lipinski definition) is 1. The fourth-order valence-corrected chi connectivity index (χ4v) is 11.2. The molecule has 182 valence electrons. The topological polar surface area (TPSA) is 20.2 Å². The van der Waals surface area contributed by atoms with E-state index in [2.05, 4.69) is 55.0 Å². The zero-order valence-electron chi connectivity index (χ0n) is 22.4. The Hall–Kier alpha value is -0.300. The van der Waals surface area contributed by atoms with Crippen LogP contribution in [0.1, 0.15) is 119 Å². The van der Waals surface area contributed by atoms with Crippen LogP contribution in [0.3, 0.4) is 0 Å². The highest BCUT2D eigenvalue weighted by atomic mass is 16.3. The summed E-state index contributed by atoms with van der Waals surface area (Å²) >= 11 is 0. The normalized spacial score (nSPS) is 51.9. The number of allylic oxidation sites excluding steroid dienone is 1. The number of aliphatic hydroxyl groups excluding tert-OH is 1. The Labute approximate surface area is 199 Å². The van der Waals surface area contributed by atoms with Gasteiger partial charge in [0.15, 0.2) is 0 Å². The van der Waals surface area contributed by atoms with Crippen molar-refractivity contribution in [2.45, 2.75) is 125 Å². The van der Waals surface area contributed by atoms with E-state index < -0.39 is 0 Å². The number of rotatable bonds is 5. The molecule has 0 aromatic heterocycles. The summed E-state index contributed by atoms with van der Waals surface area (Å²) in [5, 5.41) is 10.9. The van der Waals surface area contributed by atoms with Gasteiger partial charge in [-0.15, -0.1) is 0 Å². The van der Waals surface area contributed by atoms with Gasteiger partial charge in [-0.1, -0.05) is 60.6 Å². The van der Waals surface area contributed by atoms with Crippen molar-refractivity contribution in [3.8, 4) is 0 Å². The lowest BCUT2D eigenvalue weighted by Gasteiger charge is -2.63. The molecular weight excluding hydrogens is 388 g/mol. The molecule has 2 spiro atoms. The highest BCUT2D eigenvalue weighted by Gasteiger charge is 2.82. The van der Waals surface area contributed by atoms with Gasteiger partial charge in [0.05, 0.1) is 6.10 Å². The molecule has 5 aliphatic rings. The Bertz CT molecular complexity index is 779. The summed E-state index contributed by atoms with van der Waals surface area (Å²) in [5.41, 5.74) is 3.79. The van der Waals surface area contributed by atoms with E-state index in [0.717, 1.165) is 30.1 Å². The first-order valence-electron chi connectivity index (χ1n) is 14.2. The van der Waals surface area contributed by atoms with Crippen LogP contribution in [0.15, 0.2) is 12.2 Å². The molecular formula is C31H52O. The first-order chi connectivity index (χ1) is 14.9. The summed E-state index contributed by atoms with van der Waals surface area (Å²) in [4.78, 5) is 0. The molecule has 0 aromatic rings. The van der Waals surface area contributed by atoms with Crippen LogP contribution in [-0.4, -0.2) is 11.2 Å². The van der Waals surface area contributed by atoms with Crippen molar-refractivity contribution < 1.29 is 5.11 Å². The fraction of sp³-hybridized carbons (Fsp3) is 0.935. The molecule has 5 saturated carbocycles. The maximum atomic E-state index is 10.9. The molecule has 0 amide bonds. The van der Waals surface area contributed by atoms with Gasteiger partial charge in [-0.05, 0) is 127 Å². The first-order valence-corrected chi connectivity index (χ1v) is 14.2. The highest BCUT2D eigenvalue weighted by Crippen LogP contribution is 2.89. The van der Waals surface area contributed by atoms with Crippen molar-refractivity contribution >= 4 is 0 Å². The SMILES string of the molecule is C=C(CC[C@@H](C)[C@H]1CC[C@@]2(C)[C@@H]3CC[C@H]4C(C)(C)[C@H](O)CC[C@@]45C[C@@]35CC[C@]12C)C(C)C. The molecule has 1 nitrogen and oxygen atoms in total. The van der Waals surface area contributed by atoms with Crippen molar-refractivity contribution in [3.05, 3.63) is 12.2 Å². The van der Waals surface area contributed by atoms with Gasteiger partial charge < -0.3 is 5.11 Å². The summed E-state index contributed by atoms with van der Waals surface area (Å²) in [6, 6.07) is 0. The standard InChI is InChI=1S/C31H52O/c1-20(2)21(3)9-10-22(4)23-13-15-29(8)25-12-11-24-27(5,6)26(32)14-16-30(24)19-31(25,30)18-17-28(23,29)7/h20,22-26,32H,3,9-19H2,1-2,4-8H3/t22-,23-,24+,25+,26-,28-,29+,30-,31+/m1/s1. The molecule has 0 radical (unpaired) electrons. The molecule has 5 rings (SSSR count). The number of hydrogen-bond donors (Lipinski definition) is 1. The van der Waals surface area contributed by atoms with Crippen LogP contribution in [0.5, 0.6) is 0 Å². The maximum absolute atomic E-state index is 10.9. The second-order valence-corrected chi connectivity index (χ2v) is 14.9. The number of fused-ring (bicyclic) bond motifs is 2. The van der Waals surface area contributed by atoms with Crippen molar-refractivity contribution in [2.75, 3.05) is 0 Å². The van der Waals surface area contributed by atoms with Gasteiger partial charge in [-0.25, -0.2) is 0 Å². The van der Waals surface area contributed by atoms with Gasteiger partial charge >= 0.3 is 0 Å².